The Bertz CT molecular complexity index is 968. The van der Waals surface area contributed by atoms with Crippen molar-refractivity contribution in [2.75, 3.05) is 0 Å². The van der Waals surface area contributed by atoms with E-state index in [2.05, 4.69) is 17.3 Å². The second kappa shape index (κ2) is 8.69. The topological polar surface area (TPSA) is 99.3 Å². The molecule has 2 bridgehead atoms. The van der Waals surface area contributed by atoms with Crippen LogP contribution >= 0.6 is 0 Å². The predicted octanol–water partition coefficient (Wildman–Crippen LogP) is 4.16. The molecule has 4 rings (SSSR count). The molecular formula is C23H30N4O4. The highest BCUT2D eigenvalue weighted by atomic mass is 16.6. The molecule has 2 atom stereocenters. The van der Waals surface area contributed by atoms with E-state index in [4.69, 9.17) is 4.74 Å². The largest absolute Gasteiger partial charge is 0.472 e. The molecule has 2 aliphatic carbocycles. The van der Waals surface area contributed by atoms with Gasteiger partial charge in [0.2, 0.25) is 5.88 Å². The molecule has 166 valence electrons. The van der Waals surface area contributed by atoms with Crippen LogP contribution in [0.15, 0.2) is 24.4 Å². The van der Waals surface area contributed by atoms with Crippen LogP contribution in [-0.4, -0.2) is 26.7 Å². The van der Waals surface area contributed by atoms with Gasteiger partial charge in [0.05, 0.1) is 11.1 Å². The summed E-state index contributed by atoms with van der Waals surface area (Å²) in [7, 11) is 1.74. The molecule has 2 aromatic rings. The number of rotatable bonds is 6. The number of fused-ring (bicyclic) bond motifs is 2. The summed E-state index contributed by atoms with van der Waals surface area (Å²) in [5.41, 5.74) is 1.87. The lowest BCUT2D eigenvalue weighted by molar-refractivity contribution is -0.385. The van der Waals surface area contributed by atoms with E-state index >= 15 is 0 Å². The molecule has 1 N–H and O–H groups in total. The standard InChI is InChI=1S/C23H30N4O4/c1-14-6-17-9-18(7-14)11-19(10-17)25-22(28)20-12-24-26(3)23(20)31-13-16-4-5-21(27(29)30)15(2)8-16/h4-5,8,12,14,17-19H,6-7,9-11,13H2,1-3H3,(H,25,28). The fraction of sp³-hybridized carbons (Fsp3) is 0.565. The summed E-state index contributed by atoms with van der Waals surface area (Å²) in [6, 6.07) is 5.08. The summed E-state index contributed by atoms with van der Waals surface area (Å²) in [4.78, 5) is 23.6. The van der Waals surface area contributed by atoms with Gasteiger partial charge in [-0.1, -0.05) is 6.92 Å². The number of benzene rings is 1. The lowest BCUT2D eigenvalue weighted by Gasteiger charge is -2.41. The van der Waals surface area contributed by atoms with Crippen molar-refractivity contribution >= 4 is 11.6 Å². The molecule has 8 nitrogen and oxygen atoms in total. The fourth-order valence-electron chi connectivity index (χ4n) is 5.48. The number of carbonyl (C=O) groups excluding carboxylic acids is 1. The Kier molecular flexibility index (Phi) is 5.98. The number of nitrogens with zero attached hydrogens (tertiary/aromatic N) is 3. The van der Waals surface area contributed by atoms with Gasteiger partial charge in [0.25, 0.3) is 11.6 Å². The van der Waals surface area contributed by atoms with Gasteiger partial charge in [-0.2, -0.15) is 5.10 Å². The van der Waals surface area contributed by atoms with Gasteiger partial charge >= 0.3 is 0 Å². The third kappa shape index (κ3) is 4.73. The van der Waals surface area contributed by atoms with Gasteiger partial charge in [-0.15, -0.1) is 0 Å². The lowest BCUT2D eigenvalue weighted by atomic mass is 9.67. The monoisotopic (exact) mass is 426 g/mol. The molecule has 2 saturated carbocycles. The molecule has 2 unspecified atom stereocenters. The van der Waals surface area contributed by atoms with Crippen LogP contribution in [0.3, 0.4) is 0 Å². The molecule has 0 spiro atoms. The second-order valence-corrected chi connectivity index (χ2v) is 9.34. The van der Waals surface area contributed by atoms with Gasteiger partial charge in [-0.3, -0.25) is 14.9 Å². The number of aryl methyl sites for hydroxylation is 2. The predicted molar refractivity (Wildman–Crippen MR) is 116 cm³/mol. The summed E-state index contributed by atoms with van der Waals surface area (Å²) in [6.45, 7) is 4.23. The minimum atomic E-state index is -0.399. The normalized spacial score (nSPS) is 25.1. The van der Waals surface area contributed by atoms with Crippen molar-refractivity contribution in [3.8, 4) is 5.88 Å². The third-order valence-electron chi connectivity index (χ3n) is 6.67. The first-order chi connectivity index (χ1) is 14.8. The average Bonchev–Trinajstić information content (AvgIpc) is 3.05. The van der Waals surface area contributed by atoms with Gasteiger partial charge in [0.1, 0.15) is 12.2 Å². The molecule has 0 radical (unpaired) electrons. The molecule has 0 aliphatic heterocycles. The van der Waals surface area contributed by atoms with E-state index in [1.165, 1.54) is 31.5 Å². The molecule has 1 amide bonds. The third-order valence-corrected chi connectivity index (χ3v) is 6.67. The molecule has 8 heteroatoms. The fourth-order valence-corrected chi connectivity index (χ4v) is 5.48. The summed E-state index contributed by atoms with van der Waals surface area (Å²) < 4.78 is 7.46. The van der Waals surface area contributed by atoms with E-state index in [-0.39, 0.29) is 24.2 Å². The quantitative estimate of drug-likeness (QED) is 0.552. The number of nitrogens with one attached hydrogen (secondary N) is 1. The van der Waals surface area contributed by atoms with Gasteiger partial charge in [0, 0.05) is 24.7 Å². The van der Waals surface area contributed by atoms with Crippen molar-refractivity contribution in [2.45, 2.75) is 58.6 Å². The average molecular weight is 427 g/mol. The maximum absolute atomic E-state index is 13.0. The van der Waals surface area contributed by atoms with Gasteiger partial charge in [-0.05, 0) is 74.5 Å². The summed E-state index contributed by atoms with van der Waals surface area (Å²) in [6.07, 6.45) is 7.46. The van der Waals surface area contributed by atoms with Crippen molar-refractivity contribution in [3.05, 3.63) is 51.2 Å². The SMILES string of the molecule is Cc1cc(COc2c(C(=O)NC3CC4CC(C)CC(C4)C3)cnn2C)ccc1[N+](=O)[O-]. The smallest absolute Gasteiger partial charge is 0.272 e. The molecular weight excluding hydrogens is 396 g/mol. The zero-order chi connectivity index (χ0) is 22.1. The number of nitro benzene ring substituents is 1. The van der Waals surface area contributed by atoms with Crippen LogP contribution in [0, 0.1) is 34.8 Å². The van der Waals surface area contributed by atoms with Crippen LogP contribution in [0.2, 0.25) is 0 Å². The number of nitro groups is 1. The summed E-state index contributed by atoms with van der Waals surface area (Å²) >= 11 is 0. The minimum Gasteiger partial charge on any atom is -0.472 e. The number of ether oxygens (including phenoxy) is 1. The van der Waals surface area contributed by atoms with E-state index in [0.717, 1.165) is 24.3 Å². The van der Waals surface area contributed by atoms with Crippen molar-refractivity contribution < 1.29 is 14.5 Å². The molecule has 2 fully saturated rings. The maximum Gasteiger partial charge on any atom is 0.272 e. The van der Waals surface area contributed by atoms with Gasteiger partial charge < -0.3 is 10.1 Å². The van der Waals surface area contributed by atoms with Crippen LogP contribution in [0.4, 0.5) is 5.69 Å². The summed E-state index contributed by atoms with van der Waals surface area (Å²) in [5.74, 6) is 2.46. The molecule has 1 aromatic heterocycles. The molecule has 2 aliphatic rings. The molecule has 1 heterocycles. The Hall–Kier alpha value is -2.90. The minimum absolute atomic E-state index is 0.0796. The number of aromatic nitrogens is 2. The highest BCUT2D eigenvalue weighted by molar-refractivity contribution is 5.96. The van der Waals surface area contributed by atoms with Crippen LogP contribution < -0.4 is 10.1 Å². The van der Waals surface area contributed by atoms with Crippen molar-refractivity contribution in [1.82, 2.24) is 15.1 Å². The van der Waals surface area contributed by atoms with E-state index in [1.807, 2.05) is 0 Å². The zero-order valence-corrected chi connectivity index (χ0v) is 18.3. The molecule has 0 saturated heterocycles. The summed E-state index contributed by atoms with van der Waals surface area (Å²) in [5, 5.41) is 18.4. The first-order valence-electron chi connectivity index (χ1n) is 11.0. The Balaban J connectivity index is 1.41. The highest BCUT2D eigenvalue weighted by Gasteiger charge is 2.35. The number of carbonyl (C=O) groups is 1. The maximum atomic E-state index is 13.0. The number of hydrogen-bond donors (Lipinski definition) is 1. The van der Waals surface area contributed by atoms with Crippen LogP contribution in [0.25, 0.3) is 0 Å². The van der Waals surface area contributed by atoms with E-state index < -0.39 is 4.92 Å². The van der Waals surface area contributed by atoms with Crippen molar-refractivity contribution in [2.24, 2.45) is 24.8 Å². The van der Waals surface area contributed by atoms with Gasteiger partial charge in [-0.25, -0.2) is 4.68 Å². The van der Waals surface area contributed by atoms with E-state index in [1.54, 1.807) is 30.8 Å². The van der Waals surface area contributed by atoms with Crippen LogP contribution in [-0.2, 0) is 13.7 Å². The van der Waals surface area contributed by atoms with Crippen molar-refractivity contribution in [1.29, 1.82) is 0 Å². The number of hydrogen-bond acceptors (Lipinski definition) is 5. The van der Waals surface area contributed by atoms with Gasteiger partial charge in [0.15, 0.2) is 0 Å². The Labute approximate surface area is 182 Å². The first kappa shape index (κ1) is 21.3. The Morgan fingerprint density at radius 1 is 1.26 bits per heavy atom. The Morgan fingerprint density at radius 2 is 1.97 bits per heavy atom. The van der Waals surface area contributed by atoms with Crippen LogP contribution in [0.1, 0.15) is 60.5 Å². The zero-order valence-electron chi connectivity index (χ0n) is 18.3. The lowest BCUT2D eigenvalue weighted by Crippen LogP contribution is -2.43. The van der Waals surface area contributed by atoms with E-state index in [0.29, 0.717) is 28.8 Å². The second-order valence-electron chi connectivity index (χ2n) is 9.34. The molecule has 1 aromatic carbocycles. The van der Waals surface area contributed by atoms with Crippen LogP contribution in [0.5, 0.6) is 5.88 Å². The Morgan fingerprint density at radius 3 is 2.61 bits per heavy atom. The number of amides is 1. The first-order valence-corrected chi connectivity index (χ1v) is 11.0. The molecule has 31 heavy (non-hydrogen) atoms. The highest BCUT2D eigenvalue weighted by Crippen LogP contribution is 2.42. The van der Waals surface area contributed by atoms with Crippen molar-refractivity contribution in [3.63, 3.8) is 0 Å². The van der Waals surface area contributed by atoms with E-state index in [9.17, 15) is 14.9 Å².